The molecule has 0 saturated heterocycles. The van der Waals surface area contributed by atoms with Crippen LogP contribution in [0.1, 0.15) is 138 Å². The summed E-state index contributed by atoms with van der Waals surface area (Å²) in [7, 11) is 0. The molecule has 1 aliphatic rings. The zero-order chi connectivity index (χ0) is 21.0. The van der Waals surface area contributed by atoms with E-state index in [0.717, 1.165) is 19.3 Å². The van der Waals surface area contributed by atoms with Crippen molar-refractivity contribution in [1.82, 2.24) is 0 Å². The van der Waals surface area contributed by atoms with E-state index in [2.05, 4.69) is 41.5 Å². The highest BCUT2D eigenvalue weighted by molar-refractivity contribution is 5.99. The molecule has 0 N–H and O–H groups in total. The molecule has 3 unspecified atom stereocenters. The van der Waals surface area contributed by atoms with Crippen LogP contribution in [0.2, 0.25) is 0 Å². The fourth-order valence-electron chi connectivity index (χ4n) is 6.11. The highest BCUT2D eigenvalue weighted by atomic mass is 16.1. The molecule has 0 bridgehead atoms. The highest BCUT2D eigenvalue weighted by Gasteiger charge is 2.51. The lowest BCUT2D eigenvalue weighted by atomic mass is 9.51. The maximum absolute atomic E-state index is 13.8. The predicted octanol–water partition coefficient (Wildman–Crippen LogP) is 9.06. The third-order valence-electron chi connectivity index (χ3n) is 7.34. The fraction of sp³-hybridized carbons (Fsp3) is 0.889. The zero-order valence-electron chi connectivity index (χ0n) is 20.2. The highest BCUT2D eigenvalue weighted by Crippen LogP contribution is 2.57. The first-order valence-electron chi connectivity index (χ1n) is 12.8. The molecule has 0 amide bonds. The Morgan fingerprint density at radius 2 is 1.29 bits per heavy atom. The van der Waals surface area contributed by atoms with Gasteiger partial charge in [-0.15, -0.1) is 0 Å². The molecule has 164 valence electrons. The molecule has 1 nitrogen and oxygen atoms in total. The van der Waals surface area contributed by atoms with Crippen LogP contribution in [0.15, 0.2) is 11.1 Å². The Kier molecular flexibility index (Phi) is 12.4. The number of unbranched alkanes of at least 4 members (excludes halogenated alkanes) is 4. The van der Waals surface area contributed by atoms with Gasteiger partial charge in [-0.1, -0.05) is 105 Å². The van der Waals surface area contributed by atoms with E-state index < -0.39 is 0 Å². The maximum Gasteiger partial charge on any atom is 0.162 e. The lowest BCUT2D eigenvalue weighted by Gasteiger charge is -2.52. The van der Waals surface area contributed by atoms with E-state index >= 15 is 0 Å². The van der Waals surface area contributed by atoms with Gasteiger partial charge in [0, 0.05) is 5.92 Å². The van der Waals surface area contributed by atoms with Crippen molar-refractivity contribution in [2.24, 2.45) is 17.3 Å². The van der Waals surface area contributed by atoms with Crippen LogP contribution >= 0.6 is 0 Å². The van der Waals surface area contributed by atoms with Crippen molar-refractivity contribution in [3.8, 4) is 0 Å². The van der Waals surface area contributed by atoms with Gasteiger partial charge in [-0.2, -0.15) is 0 Å². The van der Waals surface area contributed by atoms with Crippen molar-refractivity contribution >= 4 is 5.78 Å². The third kappa shape index (κ3) is 5.96. The normalized spacial score (nSPS) is 25.6. The second-order valence-corrected chi connectivity index (χ2v) is 9.30. The molecule has 0 fully saturated rings. The Bertz CT molecular complexity index is 475. The van der Waals surface area contributed by atoms with E-state index in [1.807, 2.05) is 0 Å². The molecule has 0 aromatic rings. The van der Waals surface area contributed by atoms with Gasteiger partial charge >= 0.3 is 0 Å². The minimum atomic E-state index is 0.231. The Morgan fingerprint density at radius 3 is 1.79 bits per heavy atom. The Hall–Kier alpha value is -0.590. The summed E-state index contributed by atoms with van der Waals surface area (Å²) in [6.45, 7) is 13.8. The van der Waals surface area contributed by atoms with Gasteiger partial charge in [0.2, 0.25) is 0 Å². The van der Waals surface area contributed by atoms with Crippen LogP contribution in [-0.4, -0.2) is 5.78 Å². The quantitative estimate of drug-likeness (QED) is 0.255. The molecule has 0 saturated carbocycles. The SMILES string of the molecule is CCCCCC1(CCC)C(CCCC)C(=O)C(CC)=C(CCC)C1CCCC. The molecule has 1 aliphatic carbocycles. The van der Waals surface area contributed by atoms with Gasteiger partial charge in [-0.25, -0.2) is 0 Å². The number of carbonyl (C=O) groups excluding carboxylic acids is 1. The summed E-state index contributed by atoms with van der Waals surface area (Å²) in [5.41, 5.74) is 3.06. The van der Waals surface area contributed by atoms with Gasteiger partial charge in [-0.05, 0) is 55.4 Å². The van der Waals surface area contributed by atoms with Gasteiger partial charge in [0.1, 0.15) is 0 Å². The van der Waals surface area contributed by atoms with Crippen molar-refractivity contribution in [2.45, 2.75) is 138 Å². The molecule has 0 radical (unpaired) electrons. The first-order chi connectivity index (χ1) is 13.6. The largest absolute Gasteiger partial charge is 0.294 e. The molecule has 0 heterocycles. The lowest BCUT2D eigenvalue weighted by molar-refractivity contribution is -0.128. The molecule has 0 aromatic carbocycles. The molecule has 0 spiro atoms. The minimum Gasteiger partial charge on any atom is -0.294 e. The van der Waals surface area contributed by atoms with E-state index in [4.69, 9.17) is 0 Å². The monoisotopic (exact) mass is 390 g/mol. The van der Waals surface area contributed by atoms with E-state index in [1.165, 1.54) is 82.6 Å². The van der Waals surface area contributed by atoms with E-state index in [9.17, 15) is 4.79 Å². The van der Waals surface area contributed by atoms with Crippen molar-refractivity contribution in [1.29, 1.82) is 0 Å². The first-order valence-corrected chi connectivity index (χ1v) is 12.8. The fourth-order valence-corrected chi connectivity index (χ4v) is 6.11. The summed E-state index contributed by atoms with van der Waals surface area (Å²) >= 11 is 0. The molecular formula is C27H50O. The number of Topliss-reactive ketones (excluding diaryl/α,β-unsaturated/α-hetero) is 1. The second kappa shape index (κ2) is 13.6. The maximum atomic E-state index is 13.8. The average molecular weight is 391 g/mol. The molecule has 1 heteroatoms. The molecule has 28 heavy (non-hydrogen) atoms. The van der Waals surface area contributed by atoms with Crippen LogP contribution in [0.4, 0.5) is 0 Å². The van der Waals surface area contributed by atoms with Crippen molar-refractivity contribution in [3.05, 3.63) is 11.1 Å². The summed E-state index contributed by atoms with van der Waals surface area (Å²) in [4.78, 5) is 13.8. The summed E-state index contributed by atoms with van der Waals surface area (Å²) in [5, 5.41) is 0. The van der Waals surface area contributed by atoms with Crippen molar-refractivity contribution in [2.75, 3.05) is 0 Å². The Morgan fingerprint density at radius 1 is 0.679 bits per heavy atom. The van der Waals surface area contributed by atoms with E-state index in [-0.39, 0.29) is 11.3 Å². The van der Waals surface area contributed by atoms with Gasteiger partial charge in [-0.3, -0.25) is 4.79 Å². The third-order valence-corrected chi connectivity index (χ3v) is 7.34. The molecule has 1 rings (SSSR count). The Balaban J connectivity index is 3.54. The van der Waals surface area contributed by atoms with Crippen LogP contribution < -0.4 is 0 Å². The van der Waals surface area contributed by atoms with Gasteiger partial charge < -0.3 is 0 Å². The standard InChI is InChI=1S/C27H50O/c1-7-13-16-21-27(20-11-5)24(18-14-8-2)23(17-10-4)22(12-6)26(28)25(27)19-15-9-3/h24-25H,7-21H2,1-6H3. The Labute approximate surface area is 177 Å². The van der Waals surface area contributed by atoms with E-state index in [1.54, 1.807) is 5.57 Å². The van der Waals surface area contributed by atoms with Gasteiger partial charge in [0.15, 0.2) is 5.78 Å². The van der Waals surface area contributed by atoms with Gasteiger partial charge in [0.25, 0.3) is 0 Å². The number of carbonyl (C=O) groups is 1. The molecule has 3 atom stereocenters. The zero-order valence-corrected chi connectivity index (χ0v) is 20.2. The number of allylic oxidation sites excluding steroid dienone is 2. The van der Waals surface area contributed by atoms with Crippen LogP contribution in [0, 0.1) is 17.3 Å². The van der Waals surface area contributed by atoms with Crippen LogP contribution in [0.3, 0.4) is 0 Å². The van der Waals surface area contributed by atoms with Crippen LogP contribution in [0.25, 0.3) is 0 Å². The summed E-state index contributed by atoms with van der Waals surface area (Å²) in [5.74, 6) is 1.48. The van der Waals surface area contributed by atoms with Crippen LogP contribution in [0.5, 0.6) is 0 Å². The minimum absolute atomic E-state index is 0.231. The first kappa shape index (κ1) is 25.4. The van der Waals surface area contributed by atoms with E-state index in [0.29, 0.717) is 11.7 Å². The number of hydrogen-bond acceptors (Lipinski definition) is 1. The predicted molar refractivity (Wildman–Crippen MR) is 125 cm³/mol. The van der Waals surface area contributed by atoms with Crippen LogP contribution in [-0.2, 0) is 4.79 Å². The molecular weight excluding hydrogens is 340 g/mol. The van der Waals surface area contributed by atoms with Gasteiger partial charge in [0.05, 0.1) is 0 Å². The average Bonchev–Trinajstić information content (AvgIpc) is 2.68. The number of ketones is 1. The van der Waals surface area contributed by atoms with Crippen molar-refractivity contribution < 1.29 is 4.79 Å². The number of hydrogen-bond donors (Lipinski definition) is 0. The summed E-state index contributed by atoms with van der Waals surface area (Å²) in [6, 6.07) is 0. The second-order valence-electron chi connectivity index (χ2n) is 9.30. The van der Waals surface area contributed by atoms with Crippen molar-refractivity contribution in [3.63, 3.8) is 0 Å². The smallest absolute Gasteiger partial charge is 0.162 e. The molecule has 0 aromatic heterocycles. The summed E-state index contributed by atoms with van der Waals surface area (Å²) < 4.78 is 0. The molecule has 0 aliphatic heterocycles. The lowest BCUT2D eigenvalue weighted by Crippen LogP contribution is -2.47. The topological polar surface area (TPSA) is 17.1 Å². The number of rotatable bonds is 15. The summed E-state index contributed by atoms with van der Waals surface area (Å²) in [6.07, 6.45) is 18.3.